The van der Waals surface area contributed by atoms with E-state index in [0.29, 0.717) is 4.90 Å². The van der Waals surface area contributed by atoms with E-state index in [1.807, 2.05) is 0 Å². The van der Waals surface area contributed by atoms with Crippen LogP contribution in [0.3, 0.4) is 0 Å². The highest BCUT2D eigenvalue weighted by Crippen LogP contribution is 2.27. The van der Waals surface area contributed by atoms with Crippen LogP contribution in [0.5, 0.6) is 5.75 Å². The molecule has 4 nitrogen and oxygen atoms in total. The minimum Gasteiger partial charge on any atom is -0.376 e. The Bertz CT molecular complexity index is 569. The first kappa shape index (κ1) is 15.0. The lowest BCUT2D eigenvalue weighted by atomic mass is 10.3. The second-order valence-corrected chi connectivity index (χ2v) is 8.58. The molecule has 0 aliphatic heterocycles. The van der Waals surface area contributed by atoms with Crippen LogP contribution in [0.1, 0.15) is 0 Å². The molecule has 1 aromatic rings. The molecule has 0 bridgehead atoms. The predicted molar refractivity (Wildman–Crippen MR) is 61.7 cm³/mol. The summed E-state index contributed by atoms with van der Waals surface area (Å²) in [5.41, 5.74) is -5.48. The highest BCUT2D eigenvalue weighted by Gasteiger charge is 2.48. The van der Waals surface area contributed by atoms with Crippen molar-refractivity contribution in [3.63, 3.8) is 0 Å². The Morgan fingerprint density at radius 1 is 1.11 bits per heavy atom. The van der Waals surface area contributed by atoms with E-state index in [2.05, 4.69) is 4.18 Å². The normalized spacial score (nSPS) is 14.3. The topological polar surface area (TPSA) is 60.4 Å². The van der Waals surface area contributed by atoms with Crippen LogP contribution >= 0.6 is 0 Å². The largest absolute Gasteiger partial charge is 0.534 e. The van der Waals surface area contributed by atoms with Crippen molar-refractivity contribution in [2.75, 3.05) is 12.5 Å². The Hall–Kier alpha value is -1.09. The van der Waals surface area contributed by atoms with E-state index in [-0.39, 0.29) is 0 Å². The number of thiol groups is 1. The van der Waals surface area contributed by atoms with Gasteiger partial charge in [-0.1, -0.05) is 9.93 Å². The lowest BCUT2D eigenvalue weighted by molar-refractivity contribution is -0.0500. The standard InChI is InChI=1S/C9H11F3O4S2/c1-17(2,13)8-5-3-7(4-6-8)16-18(14,15)9(10,11)12/h3-6,17H,1-2H3. The summed E-state index contributed by atoms with van der Waals surface area (Å²) in [4.78, 5) is 0.416. The Morgan fingerprint density at radius 3 is 1.89 bits per heavy atom. The second kappa shape index (κ2) is 4.54. The first-order valence-electron chi connectivity index (χ1n) is 4.60. The first-order valence-corrected chi connectivity index (χ1v) is 8.61. The van der Waals surface area contributed by atoms with E-state index in [1.165, 1.54) is 24.6 Å². The molecular formula is C9H11F3O4S2. The van der Waals surface area contributed by atoms with Gasteiger partial charge in [-0.3, -0.25) is 4.21 Å². The highest BCUT2D eigenvalue weighted by molar-refractivity contribution is 8.01. The Kier molecular flexibility index (Phi) is 3.78. The molecule has 0 aliphatic rings. The SMILES string of the molecule is C[SH](C)(=O)c1ccc(OS(=O)(=O)C(F)(F)F)cc1. The average molecular weight is 304 g/mol. The summed E-state index contributed by atoms with van der Waals surface area (Å²) in [6, 6.07) is 4.58. The van der Waals surface area contributed by atoms with Crippen LogP contribution < -0.4 is 4.18 Å². The molecule has 104 valence electrons. The van der Waals surface area contributed by atoms with Crippen LogP contribution in [0.4, 0.5) is 13.2 Å². The molecule has 0 N–H and O–H groups in total. The third kappa shape index (κ3) is 3.45. The zero-order chi connectivity index (χ0) is 14.2. The van der Waals surface area contributed by atoms with E-state index in [1.54, 1.807) is 0 Å². The fourth-order valence-electron chi connectivity index (χ4n) is 1.03. The third-order valence-electron chi connectivity index (χ3n) is 1.95. The van der Waals surface area contributed by atoms with Crippen molar-refractivity contribution < 1.29 is 30.0 Å². The first-order chi connectivity index (χ1) is 7.93. The van der Waals surface area contributed by atoms with Gasteiger partial charge in [-0.2, -0.15) is 21.6 Å². The minimum atomic E-state index is -5.67. The number of halogens is 3. The van der Waals surface area contributed by atoms with Gasteiger partial charge < -0.3 is 4.18 Å². The monoisotopic (exact) mass is 304 g/mol. The summed E-state index contributed by atoms with van der Waals surface area (Å²) in [6.07, 6.45) is 2.96. The van der Waals surface area contributed by atoms with Gasteiger partial charge in [-0.05, 0) is 36.8 Å². The van der Waals surface area contributed by atoms with Gasteiger partial charge >= 0.3 is 15.6 Å². The van der Waals surface area contributed by atoms with Gasteiger partial charge in [0.2, 0.25) is 0 Å². The summed E-state index contributed by atoms with van der Waals surface area (Å²) in [5, 5.41) is 0. The van der Waals surface area contributed by atoms with E-state index in [4.69, 9.17) is 0 Å². The molecule has 0 fully saturated rings. The van der Waals surface area contributed by atoms with Crippen molar-refractivity contribution in [3.8, 4) is 5.75 Å². The summed E-state index contributed by atoms with van der Waals surface area (Å²) >= 11 is 0. The van der Waals surface area contributed by atoms with Crippen molar-refractivity contribution in [2.45, 2.75) is 10.4 Å². The lowest BCUT2D eigenvalue weighted by Gasteiger charge is -2.13. The zero-order valence-electron chi connectivity index (χ0n) is 9.43. The number of rotatable bonds is 3. The fourth-order valence-corrected chi connectivity index (χ4v) is 2.36. The number of hydrogen-bond donors (Lipinski definition) is 1. The van der Waals surface area contributed by atoms with Gasteiger partial charge in [0.25, 0.3) is 0 Å². The molecule has 0 heterocycles. The molecule has 1 aromatic carbocycles. The fraction of sp³-hybridized carbons (Fsp3) is 0.333. The van der Waals surface area contributed by atoms with Gasteiger partial charge in [-0.15, -0.1) is 0 Å². The molecule has 18 heavy (non-hydrogen) atoms. The smallest absolute Gasteiger partial charge is 0.376 e. The zero-order valence-corrected chi connectivity index (χ0v) is 11.1. The van der Waals surface area contributed by atoms with Crippen LogP contribution in [0, 0.1) is 0 Å². The predicted octanol–water partition coefficient (Wildman–Crippen LogP) is 1.55. The highest BCUT2D eigenvalue weighted by atomic mass is 32.2. The van der Waals surface area contributed by atoms with Crippen molar-refractivity contribution >= 4 is 20.1 Å². The van der Waals surface area contributed by atoms with E-state index in [0.717, 1.165) is 12.1 Å². The van der Waals surface area contributed by atoms with E-state index < -0.39 is 31.3 Å². The quantitative estimate of drug-likeness (QED) is 0.523. The lowest BCUT2D eigenvalue weighted by Crippen LogP contribution is -2.28. The van der Waals surface area contributed by atoms with Crippen molar-refractivity contribution in [3.05, 3.63) is 24.3 Å². The maximum absolute atomic E-state index is 12.0. The molecule has 9 heteroatoms. The summed E-state index contributed by atoms with van der Waals surface area (Å²) in [7, 11) is -8.22. The average Bonchev–Trinajstić information content (AvgIpc) is 2.14. The van der Waals surface area contributed by atoms with Crippen LogP contribution in [0.25, 0.3) is 0 Å². The van der Waals surface area contributed by atoms with E-state index >= 15 is 0 Å². The molecule has 0 aromatic heterocycles. The van der Waals surface area contributed by atoms with E-state index in [9.17, 15) is 25.8 Å². The maximum atomic E-state index is 12.0. The number of hydrogen-bond acceptors (Lipinski definition) is 4. The molecule has 0 aliphatic carbocycles. The Labute approximate surface area is 103 Å². The third-order valence-corrected chi connectivity index (χ3v) is 4.47. The molecule has 0 saturated heterocycles. The van der Waals surface area contributed by atoms with Crippen molar-refractivity contribution in [1.82, 2.24) is 0 Å². The molecule has 0 atom stereocenters. The Balaban J connectivity index is 3.00. The van der Waals surface area contributed by atoms with Gasteiger partial charge in [0, 0.05) is 4.90 Å². The van der Waals surface area contributed by atoms with Gasteiger partial charge in [-0.25, -0.2) is 0 Å². The minimum absolute atomic E-state index is 0.416. The summed E-state index contributed by atoms with van der Waals surface area (Å²) < 4.78 is 73.0. The Morgan fingerprint density at radius 2 is 1.56 bits per heavy atom. The van der Waals surface area contributed by atoms with Crippen LogP contribution in [-0.4, -0.2) is 30.6 Å². The molecular weight excluding hydrogens is 293 g/mol. The molecule has 0 saturated carbocycles. The van der Waals surface area contributed by atoms with Gasteiger partial charge in [0.15, 0.2) is 0 Å². The molecule has 0 spiro atoms. The molecule has 0 amide bonds. The van der Waals surface area contributed by atoms with Gasteiger partial charge in [0.05, 0.1) is 0 Å². The second-order valence-electron chi connectivity index (χ2n) is 3.83. The molecule has 0 radical (unpaired) electrons. The molecule has 1 rings (SSSR count). The van der Waals surface area contributed by atoms with Crippen LogP contribution in [0.2, 0.25) is 0 Å². The number of benzene rings is 1. The molecule has 0 unspecified atom stereocenters. The van der Waals surface area contributed by atoms with Crippen LogP contribution in [-0.2, 0) is 20.1 Å². The van der Waals surface area contributed by atoms with Crippen LogP contribution in [0.15, 0.2) is 29.2 Å². The van der Waals surface area contributed by atoms with Crippen molar-refractivity contribution in [1.29, 1.82) is 0 Å². The summed E-state index contributed by atoms with van der Waals surface area (Å²) in [6.45, 7) is 0. The number of alkyl halides is 3. The summed E-state index contributed by atoms with van der Waals surface area (Å²) in [5.74, 6) is -0.482. The van der Waals surface area contributed by atoms with Crippen molar-refractivity contribution in [2.24, 2.45) is 0 Å². The van der Waals surface area contributed by atoms with Gasteiger partial charge in [0.1, 0.15) is 5.75 Å². The maximum Gasteiger partial charge on any atom is 0.534 e.